The Morgan fingerprint density at radius 1 is 1.47 bits per heavy atom. The van der Waals surface area contributed by atoms with Crippen molar-refractivity contribution in [3.8, 4) is 0 Å². The van der Waals surface area contributed by atoms with E-state index in [0.717, 1.165) is 12.4 Å². The molecule has 1 aliphatic rings. The van der Waals surface area contributed by atoms with Crippen molar-refractivity contribution in [3.63, 3.8) is 0 Å². The molecule has 17 heavy (non-hydrogen) atoms. The molecule has 1 fully saturated rings. The van der Waals surface area contributed by atoms with E-state index in [9.17, 15) is 0 Å². The molecule has 94 valence electrons. The maximum Gasteiger partial charge on any atom is 0.133 e. The van der Waals surface area contributed by atoms with E-state index in [1.54, 1.807) is 0 Å². The molecule has 0 radical (unpaired) electrons. The summed E-state index contributed by atoms with van der Waals surface area (Å²) in [5.74, 6) is 1.09. The summed E-state index contributed by atoms with van der Waals surface area (Å²) in [5.41, 5.74) is 7.21. The fourth-order valence-electron chi connectivity index (χ4n) is 2.80. The minimum atomic E-state index is 0.0501. The first kappa shape index (κ1) is 12.4. The van der Waals surface area contributed by atoms with Gasteiger partial charge in [-0.15, -0.1) is 0 Å². The van der Waals surface area contributed by atoms with E-state index in [1.807, 2.05) is 19.2 Å². The van der Waals surface area contributed by atoms with E-state index in [-0.39, 0.29) is 6.04 Å². The molecule has 1 aliphatic carbocycles. The molecule has 1 saturated carbocycles. The third kappa shape index (κ3) is 2.60. The van der Waals surface area contributed by atoms with Crippen molar-refractivity contribution in [1.29, 1.82) is 0 Å². The topological polar surface area (TPSA) is 42.2 Å². The first-order valence-electron chi connectivity index (χ1n) is 6.71. The minimum Gasteiger partial charge on any atom is -0.354 e. The first-order chi connectivity index (χ1) is 8.24. The quantitative estimate of drug-likeness (QED) is 0.869. The summed E-state index contributed by atoms with van der Waals surface area (Å²) in [4.78, 5) is 7.00. The predicted molar refractivity (Wildman–Crippen MR) is 72.1 cm³/mol. The van der Waals surface area contributed by atoms with E-state index < -0.39 is 0 Å². The van der Waals surface area contributed by atoms with Crippen molar-refractivity contribution in [1.82, 2.24) is 4.98 Å². The fraction of sp³-hybridized carbons (Fsp3) is 0.643. The molecular formula is C14H23N3. The number of hydrogen-bond acceptors (Lipinski definition) is 3. The van der Waals surface area contributed by atoms with E-state index in [0.29, 0.717) is 6.04 Å². The van der Waals surface area contributed by atoms with Crippen molar-refractivity contribution in [2.45, 2.75) is 51.6 Å². The lowest BCUT2D eigenvalue weighted by atomic mass is 10.1. The zero-order chi connectivity index (χ0) is 12.3. The van der Waals surface area contributed by atoms with E-state index in [2.05, 4.69) is 22.9 Å². The van der Waals surface area contributed by atoms with Gasteiger partial charge in [0.15, 0.2) is 0 Å². The lowest BCUT2D eigenvalue weighted by Gasteiger charge is -2.31. The summed E-state index contributed by atoms with van der Waals surface area (Å²) in [6.07, 6.45) is 7.16. The highest BCUT2D eigenvalue weighted by molar-refractivity contribution is 5.49. The lowest BCUT2D eigenvalue weighted by molar-refractivity contribution is 0.606. The summed E-state index contributed by atoms with van der Waals surface area (Å²) < 4.78 is 0. The molecule has 0 aliphatic heterocycles. The normalized spacial score (nSPS) is 18.3. The SMILES string of the molecule is CCN(c1ncccc1[C@H](C)N)C1CCCC1. The Morgan fingerprint density at radius 3 is 2.76 bits per heavy atom. The summed E-state index contributed by atoms with van der Waals surface area (Å²) >= 11 is 0. The van der Waals surface area contributed by atoms with Crippen LogP contribution < -0.4 is 10.6 Å². The van der Waals surface area contributed by atoms with Crippen LogP contribution in [0.1, 0.15) is 51.1 Å². The molecule has 2 N–H and O–H groups in total. The average molecular weight is 233 g/mol. The van der Waals surface area contributed by atoms with Crippen LogP contribution in [0.15, 0.2) is 18.3 Å². The van der Waals surface area contributed by atoms with Crippen LogP contribution in [0, 0.1) is 0 Å². The second kappa shape index (κ2) is 5.50. The third-order valence-corrected chi connectivity index (χ3v) is 3.69. The van der Waals surface area contributed by atoms with Gasteiger partial charge in [0.25, 0.3) is 0 Å². The zero-order valence-corrected chi connectivity index (χ0v) is 10.9. The van der Waals surface area contributed by atoms with Crippen molar-refractivity contribution in [3.05, 3.63) is 23.9 Å². The minimum absolute atomic E-state index is 0.0501. The van der Waals surface area contributed by atoms with Gasteiger partial charge in [-0.1, -0.05) is 18.9 Å². The number of hydrogen-bond donors (Lipinski definition) is 1. The largest absolute Gasteiger partial charge is 0.354 e. The first-order valence-corrected chi connectivity index (χ1v) is 6.71. The molecule has 0 aromatic carbocycles. The van der Waals surface area contributed by atoms with Gasteiger partial charge in [-0.3, -0.25) is 0 Å². The fourth-order valence-corrected chi connectivity index (χ4v) is 2.80. The summed E-state index contributed by atoms with van der Waals surface area (Å²) in [5, 5.41) is 0. The van der Waals surface area contributed by atoms with Crippen LogP contribution in [0.2, 0.25) is 0 Å². The Bertz CT molecular complexity index is 356. The van der Waals surface area contributed by atoms with Crippen molar-refractivity contribution in [2.75, 3.05) is 11.4 Å². The highest BCUT2D eigenvalue weighted by Gasteiger charge is 2.24. The molecule has 1 aromatic rings. The molecule has 0 bridgehead atoms. The van der Waals surface area contributed by atoms with Gasteiger partial charge in [-0.25, -0.2) is 4.98 Å². The molecule has 0 spiro atoms. The van der Waals surface area contributed by atoms with Gasteiger partial charge < -0.3 is 10.6 Å². The van der Waals surface area contributed by atoms with Gasteiger partial charge in [0.1, 0.15) is 5.82 Å². The summed E-state index contributed by atoms with van der Waals surface area (Å²) in [6, 6.07) is 4.79. The number of nitrogens with zero attached hydrogens (tertiary/aromatic N) is 2. The van der Waals surface area contributed by atoms with Gasteiger partial charge in [0.05, 0.1) is 0 Å². The highest BCUT2D eigenvalue weighted by Crippen LogP contribution is 2.30. The molecule has 3 nitrogen and oxygen atoms in total. The van der Waals surface area contributed by atoms with Crippen LogP contribution in [0.25, 0.3) is 0 Å². The molecular weight excluding hydrogens is 210 g/mol. The maximum atomic E-state index is 6.04. The maximum absolute atomic E-state index is 6.04. The van der Waals surface area contributed by atoms with Crippen LogP contribution in [0.4, 0.5) is 5.82 Å². The Morgan fingerprint density at radius 2 is 2.18 bits per heavy atom. The van der Waals surface area contributed by atoms with Crippen molar-refractivity contribution >= 4 is 5.82 Å². The Kier molecular flexibility index (Phi) is 4.00. The van der Waals surface area contributed by atoms with Crippen LogP contribution in [-0.4, -0.2) is 17.6 Å². The monoisotopic (exact) mass is 233 g/mol. The van der Waals surface area contributed by atoms with Gasteiger partial charge in [-0.05, 0) is 32.8 Å². The van der Waals surface area contributed by atoms with Crippen LogP contribution in [-0.2, 0) is 0 Å². The highest BCUT2D eigenvalue weighted by atomic mass is 15.2. The van der Waals surface area contributed by atoms with Crippen molar-refractivity contribution in [2.24, 2.45) is 5.73 Å². The standard InChI is InChI=1S/C14H23N3/c1-3-17(12-7-4-5-8-12)14-13(11(2)15)9-6-10-16-14/h6,9-12H,3-5,7-8,15H2,1-2H3/t11-/m0/s1. The van der Waals surface area contributed by atoms with Crippen molar-refractivity contribution < 1.29 is 0 Å². The molecule has 0 saturated heterocycles. The Hall–Kier alpha value is -1.09. The van der Waals surface area contributed by atoms with Gasteiger partial charge in [-0.2, -0.15) is 0 Å². The Balaban J connectivity index is 2.29. The smallest absolute Gasteiger partial charge is 0.133 e. The van der Waals surface area contributed by atoms with E-state index in [1.165, 1.54) is 31.2 Å². The second-order valence-electron chi connectivity index (χ2n) is 4.93. The van der Waals surface area contributed by atoms with Gasteiger partial charge in [0, 0.05) is 30.4 Å². The predicted octanol–water partition coefficient (Wildman–Crippen LogP) is 2.87. The van der Waals surface area contributed by atoms with Crippen LogP contribution in [0.3, 0.4) is 0 Å². The third-order valence-electron chi connectivity index (χ3n) is 3.69. The average Bonchev–Trinajstić information content (AvgIpc) is 2.84. The molecule has 1 heterocycles. The zero-order valence-electron chi connectivity index (χ0n) is 10.9. The summed E-state index contributed by atoms with van der Waals surface area (Å²) in [7, 11) is 0. The molecule has 1 aromatic heterocycles. The number of pyridine rings is 1. The molecule has 3 heteroatoms. The number of anilines is 1. The summed E-state index contributed by atoms with van der Waals surface area (Å²) in [6.45, 7) is 5.25. The number of aromatic nitrogens is 1. The van der Waals surface area contributed by atoms with Crippen LogP contribution in [0.5, 0.6) is 0 Å². The molecule has 0 amide bonds. The second-order valence-corrected chi connectivity index (χ2v) is 4.93. The van der Waals surface area contributed by atoms with E-state index in [4.69, 9.17) is 5.73 Å². The van der Waals surface area contributed by atoms with Gasteiger partial charge >= 0.3 is 0 Å². The molecule has 0 unspecified atom stereocenters. The van der Waals surface area contributed by atoms with Gasteiger partial charge in [0.2, 0.25) is 0 Å². The lowest BCUT2D eigenvalue weighted by Crippen LogP contribution is -2.35. The Labute approximate surface area is 104 Å². The number of nitrogens with two attached hydrogens (primary N) is 1. The van der Waals surface area contributed by atoms with Crippen LogP contribution >= 0.6 is 0 Å². The molecule has 1 atom stereocenters. The van der Waals surface area contributed by atoms with E-state index >= 15 is 0 Å². The molecule has 2 rings (SSSR count). The number of rotatable bonds is 4.